The van der Waals surface area contributed by atoms with E-state index in [1.165, 1.54) is 13.2 Å². The molecule has 0 aromatic rings. The molecule has 1 amide bonds. The van der Waals surface area contributed by atoms with Crippen molar-refractivity contribution in [1.82, 2.24) is 4.90 Å². The maximum absolute atomic E-state index is 11.4. The Bertz CT molecular complexity index is 356. The molecule has 0 spiro atoms. The smallest absolute Gasteiger partial charge is 0.410 e. The fourth-order valence-corrected chi connectivity index (χ4v) is 1.37. The molecule has 5 heteroatoms. The second-order valence-corrected chi connectivity index (χ2v) is 3.96. The van der Waals surface area contributed by atoms with Gasteiger partial charge in [0.15, 0.2) is 0 Å². The minimum atomic E-state index is -0.438. The summed E-state index contributed by atoms with van der Waals surface area (Å²) in [4.78, 5) is 24.0. The molecule has 17 heavy (non-hydrogen) atoms. The van der Waals surface area contributed by atoms with Crippen LogP contribution in [0.1, 0.15) is 13.8 Å². The number of ether oxygens (including phenoxy) is 2. The van der Waals surface area contributed by atoms with Gasteiger partial charge in [0, 0.05) is 12.6 Å². The molecule has 1 fully saturated rings. The number of hydrogen-bond acceptors (Lipinski definition) is 4. The van der Waals surface area contributed by atoms with Gasteiger partial charge in [0.2, 0.25) is 0 Å². The van der Waals surface area contributed by atoms with Gasteiger partial charge in [-0.2, -0.15) is 0 Å². The van der Waals surface area contributed by atoms with E-state index in [1.807, 2.05) is 19.9 Å². The summed E-state index contributed by atoms with van der Waals surface area (Å²) >= 11 is 0. The van der Waals surface area contributed by atoms with Crippen molar-refractivity contribution in [1.29, 1.82) is 0 Å². The molecule has 0 aliphatic carbocycles. The number of rotatable bonds is 4. The van der Waals surface area contributed by atoms with E-state index >= 15 is 0 Å². The van der Waals surface area contributed by atoms with Crippen molar-refractivity contribution in [3.8, 4) is 0 Å². The predicted octanol–water partition coefficient (Wildman–Crippen LogP) is 1.50. The quantitative estimate of drug-likeness (QED) is 0.424. The molecule has 0 saturated carbocycles. The molecular weight excluding hydrogens is 222 g/mol. The van der Waals surface area contributed by atoms with Crippen LogP contribution in [-0.2, 0) is 14.3 Å². The van der Waals surface area contributed by atoms with E-state index in [0.717, 1.165) is 5.57 Å². The molecule has 1 aliphatic rings. The van der Waals surface area contributed by atoms with Gasteiger partial charge in [-0.1, -0.05) is 17.7 Å². The van der Waals surface area contributed by atoms with Crippen molar-refractivity contribution in [2.45, 2.75) is 19.9 Å². The number of carbonyl (C=O) groups excluding carboxylic acids is 2. The number of hydrogen-bond donors (Lipinski definition) is 0. The molecule has 1 aliphatic heterocycles. The zero-order valence-corrected chi connectivity index (χ0v) is 10.3. The van der Waals surface area contributed by atoms with E-state index < -0.39 is 5.97 Å². The zero-order chi connectivity index (χ0) is 12.8. The minimum Gasteiger partial charge on any atom is -0.466 e. The van der Waals surface area contributed by atoms with Crippen LogP contribution < -0.4 is 0 Å². The predicted molar refractivity (Wildman–Crippen MR) is 62.4 cm³/mol. The third kappa shape index (κ3) is 3.94. The van der Waals surface area contributed by atoms with Crippen LogP contribution in [0, 0.1) is 0 Å². The van der Waals surface area contributed by atoms with Crippen LogP contribution in [0.25, 0.3) is 0 Å². The average Bonchev–Trinajstić information content (AvgIpc) is 2.64. The van der Waals surface area contributed by atoms with Crippen LogP contribution in [0.2, 0.25) is 0 Å². The molecular formula is C12H17NO4. The van der Waals surface area contributed by atoms with Gasteiger partial charge in [0.05, 0.1) is 13.2 Å². The number of cyclic esters (lactones) is 1. The fourth-order valence-electron chi connectivity index (χ4n) is 1.37. The van der Waals surface area contributed by atoms with E-state index in [-0.39, 0.29) is 18.7 Å². The molecule has 1 saturated heterocycles. The maximum atomic E-state index is 11.4. The normalized spacial score (nSPS) is 19.4. The largest absolute Gasteiger partial charge is 0.466 e. The highest BCUT2D eigenvalue weighted by atomic mass is 16.6. The standard InChI is InChI=1S/C12H17NO4/c1-9(2)6-7-13-10(8-17-12(13)15)4-5-11(14)16-3/h4-6,10H,7-8H2,1-3H3/b5-4+/t10-/m0/s1. The molecule has 0 aromatic carbocycles. The number of allylic oxidation sites excluding steroid dienone is 1. The Kier molecular flexibility index (Phi) is 4.75. The van der Waals surface area contributed by atoms with Gasteiger partial charge in [0.25, 0.3) is 0 Å². The Morgan fingerprint density at radius 3 is 2.88 bits per heavy atom. The third-order valence-corrected chi connectivity index (χ3v) is 2.36. The van der Waals surface area contributed by atoms with Crippen LogP contribution in [-0.4, -0.2) is 43.3 Å². The van der Waals surface area contributed by atoms with Crippen molar-refractivity contribution in [2.24, 2.45) is 0 Å². The lowest BCUT2D eigenvalue weighted by Crippen LogP contribution is -2.32. The summed E-state index contributed by atoms with van der Waals surface area (Å²) in [6, 6.07) is -0.211. The van der Waals surface area contributed by atoms with Crippen LogP contribution in [0.5, 0.6) is 0 Å². The van der Waals surface area contributed by atoms with Gasteiger partial charge < -0.3 is 9.47 Å². The van der Waals surface area contributed by atoms with Crippen molar-refractivity contribution < 1.29 is 19.1 Å². The first-order valence-corrected chi connectivity index (χ1v) is 5.37. The Balaban J connectivity index is 2.64. The van der Waals surface area contributed by atoms with Crippen LogP contribution in [0.4, 0.5) is 4.79 Å². The molecule has 94 valence electrons. The monoisotopic (exact) mass is 239 g/mol. The molecule has 0 unspecified atom stereocenters. The first-order valence-electron chi connectivity index (χ1n) is 5.37. The summed E-state index contributed by atoms with van der Waals surface area (Å²) in [7, 11) is 1.31. The summed E-state index contributed by atoms with van der Waals surface area (Å²) in [5.74, 6) is -0.438. The Morgan fingerprint density at radius 2 is 2.29 bits per heavy atom. The van der Waals surface area contributed by atoms with Gasteiger partial charge in [-0.3, -0.25) is 4.90 Å². The fraction of sp³-hybridized carbons (Fsp3) is 0.500. The molecule has 1 heterocycles. The van der Waals surface area contributed by atoms with Crippen molar-refractivity contribution in [2.75, 3.05) is 20.3 Å². The second-order valence-electron chi connectivity index (χ2n) is 3.96. The second kappa shape index (κ2) is 6.08. The zero-order valence-electron chi connectivity index (χ0n) is 10.3. The van der Waals surface area contributed by atoms with Gasteiger partial charge in [-0.25, -0.2) is 9.59 Å². The molecule has 5 nitrogen and oxygen atoms in total. The highest BCUT2D eigenvalue weighted by Crippen LogP contribution is 2.13. The number of methoxy groups -OCH3 is 1. The first-order chi connectivity index (χ1) is 8.04. The SMILES string of the molecule is COC(=O)/C=C/[C@H]1COC(=O)N1CC=C(C)C. The van der Waals surface area contributed by atoms with Gasteiger partial charge in [-0.15, -0.1) is 0 Å². The summed E-state index contributed by atoms with van der Waals surface area (Å²) in [5, 5.41) is 0. The number of esters is 1. The molecule has 0 radical (unpaired) electrons. The molecule has 0 bridgehead atoms. The lowest BCUT2D eigenvalue weighted by atomic mass is 10.2. The third-order valence-electron chi connectivity index (χ3n) is 2.36. The van der Waals surface area contributed by atoms with Crippen molar-refractivity contribution in [3.05, 3.63) is 23.8 Å². The lowest BCUT2D eigenvalue weighted by molar-refractivity contribution is -0.134. The van der Waals surface area contributed by atoms with E-state index in [0.29, 0.717) is 6.54 Å². The Hall–Kier alpha value is -1.78. The highest BCUT2D eigenvalue weighted by molar-refractivity contribution is 5.82. The van der Waals surface area contributed by atoms with E-state index in [1.54, 1.807) is 11.0 Å². The summed E-state index contributed by atoms with van der Waals surface area (Å²) in [5.41, 5.74) is 1.13. The average molecular weight is 239 g/mol. The molecule has 1 rings (SSSR count). The maximum Gasteiger partial charge on any atom is 0.410 e. The van der Waals surface area contributed by atoms with Crippen LogP contribution in [0.3, 0.4) is 0 Å². The molecule has 1 atom stereocenters. The van der Waals surface area contributed by atoms with Crippen LogP contribution >= 0.6 is 0 Å². The molecule has 0 N–H and O–H groups in total. The van der Waals surface area contributed by atoms with Crippen LogP contribution in [0.15, 0.2) is 23.8 Å². The van der Waals surface area contributed by atoms with Gasteiger partial charge in [0.1, 0.15) is 6.61 Å². The summed E-state index contributed by atoms with van der Waals surface area (Å²) in [6.45, 7) is 4.67. The number of nitrogens with zero attached hydrogens (tertiary/aromatic N) is 1. The van der Waals surface area contributed by atoms with E-state index in [4.69, 9.17) is 4.74 Å². The Morgan fingerprint density at radius 1 is 1.59 bits per heavy atom. The highest BCUT2D eigenvalue weighted by Gasteiger charge is 2.30. The summed E-state index contributed by atoms with van der Waals surface area (Å²) in [6.07, 6.45) is 4.51. The first kappa shape index (κ1) is 13.3. The number of amides is 1. The number of carbonyl (C=O) groups is 2. The lowest BCUT2D eigenvalue weighted by Gasteiger charge is -2.16. The van der Waals surface area contributed by atoms with E-state index in [9.17, 15) is 9.59 Å². The van der Waals surface area contributed by atoms with Gasteiger partial charge >= 0.3 is 12.1 Å². The molecule has 0 aromatic heterocycles. The van der Waals surface area contributed by atoms with Gasteiger partial charge in [-0.05, 0) is 13.8 Å². The minimum absolute atomic E-state index is 0.211. The van der Waals surface area contributed by atoms with Crippen molar-refractivity contribution >= 4 is 12.1 Å². The Labute approximate surface area is 101 Å². The van der Waals surface area contributed by atoms with E-state index in [2.05, 4.69) is 4.74 Å². The van der Waals surface area contributed by atoms with Crippen molar-refractivity contribution in [3.63, 3.8) is 0 Å². The summed E-state index contributed by atoms with van der Waals surface area (Å²) < 4.78 is 9.42. The topological polar surface area (TPSA) is 55.8 Å².